The van der Waals surface area contributed by atoms with Crippen molar-refractivity contribution in [2.24, 2.45) is 0 Å². The molecule has 1 heterocycles. The monoisotopic (exact) mass is 422 g/mol. The highest BCUT2D eigenvalue weighted by molar-refractivity contribution is 6.10. The molecular formula is C32H22O. The molecule has 33 heavy (non-hydrogen) atoms. The Labute approximate surface area is 192 Å². The summed E-state index contributed by atoms with van der Waals surface area (Å²) in [7, 11) is 0. The Morgan fingerprint density at radius 2 is 0.970 bits per heavy atom. The van der Waals surface area contributed by atoms with Crippen LogP contribution in [0.1, 0.15) is 22.3 Å². The third-order valence-electron chi connectivity index (χ3n) is 7.01. The van der Waals surface area contributed by atoms with Crippen LogP contribution >= 0.6 is 0 Å². The van der Waals surface area contributed by atoms with E-state index >= 15 is 0 Å². The van der Waals surface area contributed by atoms with E-state index in [1.54, 1.807) is 0 Å². The van der Waals surface area contributed by atoms with Crippen molar-refractivity contribution in [1.29, 1.82) is 0 Å². The second kappa shape index (κ2) is 7.21. The summed E-state index contributed by atoms with van der Waals surface area (Å²) < 4.78 is 6.53. The lowest BCUT2D eigenvalue weighted by Gasteiger charge is -2.20. The molecule has 0 saturated carbocycles. The van der Waals surface area contributed by atoms with Gasteiger partial charge in [-0.1, -0.05) is 103 Å². The van der Waals surface area contributed by atoms with Gasteiger partial charge in [0, 0.05) is 16.3 Å². The minimum Gasteiger partial charge on any atom is -0.455 e. The molecule has 0 saturated heterocycles. The van der Waals surface area contributed by atoms with E-state index in [1.807, 2.05) is 6.07 Å². The lowest BCUT2D eigenvalue weighted by Crippen LogP contribution is -2.02. The van der Waals surface area contributed by atoms with E-state index < -0.39 is 0 Å². The van der Waals surface area contributed by atoms with Gasteiger partial charge in [0.1, 0.15) is 11.2 Å². The van der Waals surface area contributed by atoms with Gasteiger partial charge < -0.3 is 4.42 Å². The highest BCUT2D eigenvalue weighted by Crippen LogP contribution is 2.42. The Kier molecular flexibility index (Phi) is 4.04. The van der Waals surface area contributed by atoms with Gasteiger partial charge >= 0.3 is 0 Å². The first-order chi connectivity index (χ1) is 16.4. The molecule has 6 aromatic rings. The second-order valence-corrected chi connectivity index (χ2v) is 8.90. The number of fused-ring (bicyclic) bond motifs is 10. The van der Waals surface area contributed by atoms with Gasteiger partial charge in [0.05, 0.1) is 0 Å². The first-order valence-electron chi connectivity index (χ1n) is 11.5. The third-order valence-corrected chi connectivity index (χ3v) is 7.01. The highest BCUT2D eigenvalue weighted by Gasteiger charge is 2.21. The SMILES string of the molecule is c1ccc2c(c1)Cc1ccccc1-c1c(ccc3c1oc1ccccc13)Cc1ccccc1-2. The van der Waals surface area contributed by atoms with Gasteiger partial charge in [0.15, 0.2) is 0 Å². The number of benzene rings is 5. The van der Waals surface area contributed by atoms with Crippen molar-refractivity contribution >= 4 is 21.9 Å². The molecule has 1 aliphatic carbocycles. The number of para-hydroxylation sites is 1. The zero-order valence-corrected chi connectivity index (χ0v) is 18.2. The Morgan fingerprint density at radius 3 is 1.70 bits per heavy atom. The number of furan rings is 1. The van der Waals surface area contributed by atoms with Crippen LogP contribution in [-0.4, -0.2) is 0 Å². The summed E-state index contributed by atoms with van der Waals surface area (Å²) >= 11 is 0. The van der Waals surface area contributed by atoms with Crippen LogP contribution < -0.4 is 0 Å². The van der Waals surface area contributed by atoms with E-state index in [1.165, 1.54) is 55.3 Å². The Bertz CT molecular complexity index is 1670. The molecule has 0 radical (unpaired) electrons. The number of hydrogen-bond donors (Lipinski definition) is 0. The molecule has 0 bridgehead atoms. The van der Waals surface area contributed by atoms with Crippen LogP contribution in [0.3, 0.4) is 0 Å². The maximum atomic E-state index is 6.53. The van der Waals surface area contributed by atoms with E-state index in [-0.39, 0.29) is 0 Å². The van der Waals surface area contributed by atoms with Crippen molar-refractivity contribution in [2.45, 2.75) is 12.8 Å². The minimum atomic E-state index is 0.862. The van der Waals surface area contributed by atoms with Crippen LogP contribution in [0.15, 0.2) is 114 Å². The van der Waals surface area contributed by atoms with E-state index in [0.29, 0.717) is 0 Å². The van der Waals surface area contributed by atoms with Crippen LogP contribution in [0.4, 0.5) is 0 Å². The van der Waals surface area contributed by atoms with Gasteiger partial charge in [0.25, 0.3) is 0 Å². The summed E-state index contributed by atoms with van der Waals surface area (Å²) in [6.45, 7) is 0. The fourth-order valence-corrected chi connectivity index (χ4v) is 5.48. The molecule has 0 unspecified atom stereocenters. The van der Waals surface area contributed by atoms with Gasteiger partial charge in [-0.05, 0) is 57.9 Å². The summed E-state index contributed by atoms with van der Waals surface area (Å²) in [5, 5.41) is 2.36. The molecule has 0 fully saturated rings. The van der Waals surface area contributed by atoms with Crippen molar-refractivity contribution in [2.75, 3.05) is 0 Å². The Morgan fingerprint density at radius 1 is 0.424 bits per heavy atom. The molecule has 0 atom stereocenters. The lowest BCUT2D eigenvalue weighted by atomic mass is 9.83. The van der Waals surface area contributed by atoms with Gasteiger partial charge in [-0.15, -0.1) is 0 Å². The van der Waals surface area contributed by atoms with Crippen LogP contribution in [0.25, 0.3) is 44.2 Å². The van der Waals surface area contributed by atoms with Crippen LogP contribution in [-0.2, 0) is 12.8 Å². The standard InChI is InChI=1S/C32H22O/c1-4-12-25-21(9-1)19-23-11-3-6-14-27(23)31-24(20-22-10-2-5-13-26(22)25)17-18-29-28-15-7-8-16-30(28)33-32(29)31/h1-18H,19-20H2. The first-order valence-corrected chi connectivity index (χ1v) is 11.5. The second-order valence-electron chi connectivity index (χ2n) is 8.90. The van der Waals surface area contributed by atoms with Crippen LogP contribution in [0.5, 0.6) is 0 Å². The summed E-state index contributed by atoms with van der Waals surface area (Å²) in [6.07, 6.45) is 1.75. The maximum absolute atomic E-state index is 6.53. The number of hydrogen-bond acceptors (Lipinski definition) is 1. The predicted octanol–water partition coefficient (Wildman–Crippen LogP) is 8.42. The largest absolute Gasteiger partial charge is 0.455 e. The first kappa shape index (κ1) is 18.5. The topological polar surface area (TPSA) is 13.1 Å². The smallest absolute Gasteiger partial charge is 0.143 e. The van der Waals surface area contributed by atoms with E-state index in [2.05, 4.69) is 103 Å². The van der Waals surface area contributed by atoms with Crippen molar-refractivity contribution in [3.05, 3.63) is 131 Å². The van der Waals surface area contributed by atoms with Gasteiger partial charge in [-0.25, -0.2) is 0 Å². The zero-order valence-electron chi connectivity index (χ0n) is 18.2. The fourth-order valence-electron chi connectivity index (χ4n) is 5.48. The van der Waals surface area contributed by atoms with Crippen LogP contribution in [0.2, 0.25) is 0 Å². The van der Waals surface area contributed by atoms with Crippen molar-refractivity contribution < 1.29 is 4.42 Å². The van der Waals surface area contributed by atoms with E-state index in [4.69, 9.17) is 4.42 Å². The molecule has 1 aromatic heterocycles. The van der Waals surface area contributed by atoms with Crippen LogP contribution in [0, 0.1) is 0 Å². The molecule has 0 aliphatic heterocycles. The predicted molar refractivity (Wildman–Crippen MR) is 137 cm³/mol. The molecule has 0 spiro atoms. The molecular weight excluding hydrogens is 400 g/mol. The third kappa shape index (κ3) is 2.86. The molecule has 156 valence electrons. The molecule has 1 nitrogen and oxygen atoms in total. The van der Waals surface area contributed by atoms with E-state index in [0.717, 1.165) is 24.0 Å². The highest BCUT2D eigenvalue weighted by atomic mass is 16.3. The minimum absolute atomic E-state index is 0.862. The zero-order chi connectivity index (χ0) is 21.8. The Balaban J connectivity index is 1.61. The molecule has 1 heteroatoms. The number of rotatable bonds is 0. The average Bonchev–Trinajstić information content (AvgIpc) is 3.24. The summed E-state index contributed by atoms with van der Waals surface area (Å²) in [6, 6.07) is 39.4. The fraction of sp³-hybridized carbons (Fsp3) is 0.0625. The molecule has 5 aromatic carbocycles. The van der Waals surface area contributed by atoms with Gasteiger partial charge in [-0.2, -0.15) is 0 Å². The van der Waals surface area contributed by atoms with Crippen molar-refractivity contribution in [3.63, 3.8) is 0 Å². The van der Waals surface area contributed by atoms with Gasteiger partial charge in [0.2, 0.25) is 0 Å². The van der Waals surface area contributed by atoms with E-state index in [9.17, 15) is 0 Å². The summed E-state index contributed by atoms with van der Waals surface area (Å²) in [5.41, 5.74) is 12.4. The normalized spacial score (nSPS) is 12.6. The quantitative estimate of drug-likeness (QED) is 0.239. The maximum Gasteiger partial charge on any atom is 0.143 e. The molecule has 0 N–H and O–H groups in total. The lowest BCUT2D eigenvalue weighted by molar-refractivity contribution is 0.669. The van der Waals surface area contributed by atoms with Crippen molar-refractivity contribution in [1.82, 2.24) is 0 Å². The van der Waals surface area contributed by atoms with Gasteiger partial charge in [-0.3, -0.25) is 0 Å². The molecule has 0 amide bonds. The molecule has 1 aliphatic rings. The summed E-state index contributed by atoms with van der Waals surface area (Å²) in [4.78, 5) is 0. The Hall–Kier alpha value is -4.10. The summed E-state index contributed by atoms with van der Waals surface area (Å²) in [5.74, 6) is 0. The van der Waals surface area contributed by atoms with Crippen molar-refractivity contribution in [3.8, 4) is 22.3 Å². The average molecular weight is 423 g/mol. The molecule has 7 rings (SSSR count).